The first-order valence-corrected chi connectivity index (χ1v) is 11.5. The summed E-state index contributed by atoms with van der Waals surface area (Å²) >= 11 is 0. The van der Waals surface area contributed by atoms with Gasteiger partial charge in [-0.05, 0) is 23.8 Å². The van der Waals surface area contributed by atoms with Gasteiger partial charge in [0.05, 0.1) is 0 Å². The zero-order valence-corrected chi connectivity index (χ0v) is 20.0. The number of hydrogen-bond acceptors (Lipinski definition) is 7. The Hall–Kier alpha value is -3.43. The predicted octanol–water partition coefficient (Wildman–Crippen LogP) is 2.47. The monoisotopic (exact) mass is 475 g/mol. The smallest absolute Gasteiger partial charge is 0.408 e. The number of nitrogens with one attached hydrogen (secondary N) is 2. The topological polar surface area (TPSA) is 131 Å². The third-order valence-electron chi connectivity index (χ3n) is 5.48. The van der Waals surface area contributed by atoms with Crippen LogP contribution in [0.4, 0.5) is 4.79 Å². The molecule has 0 radical (unpaired) electrons. The Kier molecular flexibility index (Phi) is 10.0. The van der Waals surface area contributed by atoms with Crippen LogP contribution in [-0.2, 0) is 35.4 Å². The summed E-state index contributed by atoms with van der Waals surface area (Å²) in [5.74, 6) is -2.98. The molecule has 4 amide bonds. The first-order valence-electron chi connectivity index (χ1n) is 11.5. The molecule has 1 fully saturated rings. The summed E-state index contributed by atoms with van der Waals surface area (Å²) in [5, 5.41) is 5.64. The van der Waals surface area contributed by atoms with Crippen molar-refractivity contribution in [3.8, 4) is 0 Å². The van der Waals surface area contributed by atoms with E-state index in [-0.39, 0.29) is 37.7 Å². The zero-order valence-electron chi connectivity index (χ0n) is 20.0. The number of carbonyl (C=O) groups excluding carboxylic acids is 5. The maximum Gasteiger partial charge on any atom is 0.408 e. The molecule has 0 unspecified atom stereocenters. The van der Waals surface area contributed by atoms with E-state index >= 15 is 0 Å². The molecule has 2 rings (SSSR count). The molecular formula is C24H33N3O7. The SMILES string of the molecule is CC[C@H](C)[C@H](NC(=O)OCc1ccccc1)C(=O)N[C@@H](CC(C)C)C(=O)ON1C(=O)CCC1=O. The Bertz CT molecular complexity index is 872. The van der Waals surface area contributed by atoms with Gasteiger partial charge in [-0.2, -0.15) is 0 Å². The quantitative estimate of drug-likeness (QED) is 0.470. The predicted molar refractivity (Wildman–Crippen MR) is 122 cm³/mol. The van der Waals surface area contributed by atoms with Crippen molar-refractivity contribution in [1.29, 1.82) is 0 Å². The minimum Gasteiger partial charge on any atom is -0.445 e. The highest BCUT2D eigenvalue weighted by Crippen LogP contribution is 2.16. The van der Waals surface area contributed by atoms with Crippen LogP contribution >= 0.6 is 0 Å². The van der Waals surface area contributed by atoms with E-state index in [1.165, 1.54) is 0 Å². The molecule has 0 saturated carbocycles. The zero-order chi connectivity index (χ0) is 25.3. The normalized spacial score (nSPS) is 16.1. The van der Waals surface area contributed by atoms with Crippen molar-refractivity contribution in [2.45, 2.75) is 72.1 Å². The van der Waals surface area contributed by atoms with E-state index in [4.69, 9.17) is 9.57 Å². The van der Waals surface area contributed by atoms with Gasteiger partial charge < -0.3 is 20.2 Å². The fourth-order valence-corrected chi connectivity index (χ4v) is 3.35. The first kappa shape index (κ1) is 26.8. The van der Waals surface area contributed by atoms with Crippen molar-refractivity contribution in [2.75, 3.05) is 0 Å². The molecule has 1 saturated heterocycles. The number of hydrogen-bond donors (Lipinski definition) is 2. The summed E-state index contributed by atoms with van der Waals surface area (Å²) in [5.41, 5.74) is 0.799. The Morgan fingerprint density at radius 3 is 2.18 bits per heavy atom. The number of benzene rings is 1. The molecule has 0 bridgehead atoms. The molecule has 1 aromatic rings. The van der Waals surface area contributed by atoms with Crippen LogP contribution in [0.25, 0.3) is 0 Å². The van der Waals surface area contributed by atoms with Gasteiger partial charge in [0.25, 0.3) is 11.8 Å². The van der Waals surface area contributed by atoms with E-state index in [1.54, 1.807) is 6.92 Å². The molecule has 3 atom stereocenters. The van der Waals surface area contributed by atoms with Gasteiger partial charge in [-0.3, -0.25) is 14.4 Å². The lowest BCUT2D eigenvalue weighted by Crippen LogP contribution is -2.55. The summed E-state index contributed by atoms with van der Waals surface area (Å²) in [6.45, 7) is 7.40. The molecule has 1 aliphatic rings. The van der Waals surface area contributed by atoms with Crippen molar-refractivity contribution in [2.24, 2.45) is 11.8 Å². The van der Waals surface area contributed by atoms with Gasteiger partial charge in [0.1, 0.15) is 18.7 Å². The number of alkyl carbamates (subject to hydrolysis) is 1. The summed E-state index contributed by atoms with van der Waals surface area (Å²) in [6, 6.07) is 7.04. The van der Waals surface area contributed by atoms with E-state index < -0.39 is 41.9 Å². The van der Waals surface area contributed by atoms with E-state index in [1.807, 2.05) is 51.1 Å². The Morgan fingerprint density at radius 1 is 1.00 bits per heavy atom. The van der Waals surface area contributed by atoms with Crippen molar-refractivity contribution in [3.05, 3.63) is 35.9 Å². The standard InChI is InChI=1S/C24H33N3O7/c1-5-16(4)21(26-24(32)33-14-17-9-7-6-8-10-17)22(30)25-18(13-15(2)3)23(31)34-27-19(28)11-12-20(27)29/h6-10,15-16,18,21H,5,11-14H2,1-4H3,(H,25,30)(H,26,32)/t16-,18-,21-/m0/s1. The van der Waals surface area contributed by atoms with Crippen LogP contribution < -0.4 is 10.6 Å². The molecular weight excluding hydrogens is 442 g/mol. The second kappa shape index (κ2) is 12.7. The molecule has 0 aromatic heterocycles. The van der Waals surface area contributed by atoms with Gasteiger partial charge in [0, 0.05) is 12.8 Å². The number of rotatable bonds is 11. The van der Waals surface area contributed by atoms with E-state index in [9.17, 15) is 24.0 Å². The third kappa shape index (κ3) is 7.86. The van der Waals surface area contributed by atoms with Gasteiger partial charge in [0.2, 0.25) is 5.91 Å². The number of carbonyl (C=O) groups is 5. The van der Waals surface area contributed by atoms with Gasteiger partial charge in [0.15, 0.2) is 0 Å². The van der Waals surface area contributed by atoms with Crippen LogP contribution in [0.3, 0.4) is 0 Å². The third-order valence-corrected chi connectivity index (χ3v) is 5.48. The number of hydroxylamine groups is 2. The minimum absolute atomic E-state index is 0.00585. The maximum absolute atomic E-state index is 13.1. The summed E-state index contributed by atoms with van der Waals surface area (Å²) in [7, 11) is 0. The Balaban J connectivity index is 2.05. The second-order valence-electron chi connectivity index (χ2n) is 8.75. The van der Waals surface area contributed by atoms with Gasteiger partial charge in [-0.1, -0.05) is 64.4 Å². The lowest BCUT2D eigenvalue weighted by molar-refractivity contribution is -0.199. The molecule has 0 spiro atoms. The summed E-state index contributed by atoms with van der Waals surface area (Å²) < 4.78 is 5.23. The Labute approximate surface area is 199 Å². The molecule has 1 aliphatic heterocycles. The molecule has 34 heavy (non-hydrogen) atoms. The van der Waals surface area contributed by atoms with Crippen LogP contribution in [-0.4, -0.2) is 46.9 Å². The average Bonchev–Trinajstić information content (AvgIpc) is 3.12. The molecule has 0 aliphatic carbocycles. The van der Waals surface area contributed by atoms with Crippen LogP contribution in [0, 0.1) is 11.8 Å². The highest BCUT2D eigenvalue weighted by molar-refractivity contribution is 6.02. The number of nitrogens with zero attached hydrogens (tertiary/aromatic N) is 1. The number of ether oxygens (including phenoxy) is 1. The van der Waals surface area contributed by atoms with Crippen LogP contribution in [0.15, 0.2) is 30.3 Å². The molecule has 10 nitrogen and oxygen atoms in total. The maximum atomic E-state index is 13.1. The van der Waals surface area contributed by atoms with Crippen molar-refractivity contribution in [3.63, 3.8) is 0 Å². The number of amides is 4. The summed E-state index contributed by atoms with van der Waals surface area (Å²) in [4.78, 5) is 66.7. The summed E-state index contributed by atoms with van der Waals surface area (Å²) in [6.07, 6.45) is -0.0308. The van der Waals surface area contributed by atoms with Gasteiger partial charge >= 0.3 is 12.1 Å². The Morgan fingerprint density at radius 2 is 1.62 bits per heavy atom. The van der Waals surface area contributed by atoms with E-state index in [0.717, 1.165) is 5.56 Å². The molecule has 1 heterocycles. The van der Waals surface area contributed by atoms with Crippen molar-refractivity contribution in [1.82, 2.24) is 15.7 Å². The average molecular weight is 476 g/mol. The number of imide groups is 1. The molecule has 2 N–H and O–H groups in total. The first-order chi connectivity index (χ1) is 16.1. The van der Waals surface area contributed by atoms with Crippen LogP contribution in [0.1, 0.15) is 58.9 Å². The van der Waals surface area contributed by atoms with Crippen LogP contribution in [0.2, 0.25) is 0 Å². The molecule has 10 heteroatoms. The van der Waals surface area contributed by atoms with Gasteiger partial charge in [-0.15, -0.1) is 5.06 Å². The van der Waals surface area contributed by atoms with Crippen molar-refractivity contribution >= 4 is 29.8 Å². The lowest BCUT2D eigenvalue weighted by atomic mass is 9.97. The fourth-order valence-electron chi connectivity index (χ4n) is 3.35. The highest BCUT2D eigenvalue weighted by Gasteiger charge is 2.37. The lowest BCUT2D eigenvalue weighted by Gasteiger charge is -2.27. The van der Waals surface area contributed by atoms with Crippen molar-refractivity contribution < 1.29 is 33.5 Å². The molecule has 1 aromatic carbocycles. The van der Waals surface area contributed by atoms with Crippen LogP contribution in [0.5, 0.6) is 0 Å². The molecule has 186 valence electrons. The fraction of sp³-hybridized carbons (Fsp3) is 0.542. The van der Waals surface area contributed by atoms with E-state index in [0.29, 0.717) is 11.5 Å². The minimum atomic E-state index is -1.11. The highest BCUT2D eigenvalue weighted by atomic mass is 16.7. The van der Waals surface area contributed by atoms with E-state index in [2.05, 4.69) is 10.6 Å². The second-order valence-corrected chi connectivity index (χ2v) is 8.75. The van der Waals surface area contributed by atoms with Gasteiger partial charge in [-0.25, -0.2) is 9.59 Å². The largest absolute Gasteiger partial charge is 0.445 e.